The maximum Gasteiger partial charge on any atom is 0.187 e. The molecule has 168 valence electrons. The lowest BCUT2D eigenvalue weighted by molar-refractivity contribution is 0.196. The Hall–Kier alpha value is -1.83. The van der Waals surface area contributed by atoms with Crippen molar-refractivity contribution in [2.24, 2.45) is 0 Å². The third-order valence-corrected chi connectivity index (χ3v) is 7.15. The van der Waals surface area contributed by atoms with Gasteiger partial charge in [-0.25, -0.2) is 9.97 Å². The summed E-state index contributed by atoms with van der Waals surface area (Å²) in [6, 6.07) is 8.19. The van der Waals surface area contributed by atoms with Crippen LogP contribution in [0, 0.1) is 0 Å². The van der Waals surface area contributed by atoms with Crippen LogP contribution >= 0.6 is 11.8 Å². The molecular weight excluding hydrogens is 408 g/mol. The fraction of sp³-hybridized carbons (Fsp3) is 0.583. The molecule has 2 aliphatic rings. The molecule has 0 saturated carbocycles. The third-order valence-electron chi connectivity index (χ3n) is 6.30. The second-order valence-electron chi connectivity index (χ2n) is 8.41. The predicted octanol–water partition coefficient (Wildman–Crippen LogP) is 4.06. The Morgan fingerprint density at radius 3 is 2.68 bits per heavy atom. The molecule has 2 aromatic rings. The lowest BCUT2D eigenvalue weighted by Crippen LogP contribution is -2.34. The minimum Gasteiger partial charge on any atom is -0.497 e. The highest BCUT2D eigenvalue weighted by atomic mass is 32.2. The monoisotopic (exact) mass is 442 g/mol. The molecule has 1 aromatic heterocycles. The van der Waals surface area contributed by atoms with Crippen LogP contribution in [0.15, 0.2) is 35.6 Å². The van der Waals surface area contributed by atoms with Crippen LogP contribution in [-0.2, 0) is 6.54 Å². The number of thioether (sulfide) groups is 1. The van der Waals surface area contributed by atoms with E-state index in [0.29, 0.717) is 5.92 Å². The van der Waals surface area contributed by atoms with Gasteiger partial charge in [-0.1, -0.05) is 17.8 Å². The molecular formula is C24H34N4O2S. The zero-order chi connectivity index (χ0) is 21.5. The molecule has 0 unspecified atom stereocenters. The molecule has 6 nitrogen and oxygen atoms in total. The summed E-state index contributed by atoms with van der Waals surface area (Å²) in [5, 5.41) is 0.922. The molecule has 0 aliphatic carbocycles. The molecule has 0 spiro atoms. The van der Waals surface area contributed by atoms with Gasteiger partial charge in [-0.2, -0.15) is 0 Å². The first kappa shape index (κ1) is 22.4. The highest BCUT2D eigenvalue weighted by Gasteiger charge is 2.24. The number of piperidine rings is 1. The van der Waals surface area contributed by atoms with Crippen molar-refractivity contribution in [1.82, 2.24) is 19.8 Å². The Morgan fingerprint density at radius 1 is 1.03 bits per heavy atom. The first-order valence-electron chi connectivity index (χ1n) is 11.4. The van der Waals surface area contributed by atoms with Gasteiger partial charge in [-0.05, 0) is 57.5 Å². The van der Waals surface area contributed by atoms with Crippen LogP contribution < -0.4 is 9.47 Å². The average molecular weight is 443 g/mol. The molecule has 2 aliphatic heterocycles. The first-order valence-corrected chi connectivity index (χ1v) is 12.3. The Labute approximate surface area is 190 Å². The maximum absolute atomic E-state index is 5.60. The SMILES string of the molecule is COc1ccc(CN2CCC[C@H](c3ccnc(SCCN4CCCC4)n3)C2)c(OC)c1. The summed E-state index contributed by atoms with van der Waals surface area (Å²) >= 11 is 1.79. The van der Waals surface area contributed by atoms with E-state index in [1.807, 2.05) is 18.3 Å². The molecule has 2 fully saturated rings. The van der Waals surface area contributed by atoms with Crippen LogP contribution in [0.4, 0.5) is 0 Å². The molecule has 0 N–H and O–H groups in total. The molecule has 3 heterocycles. The number of aromatic nitrogens is 2. The molecule has 7 heteroatoms. The summed E-state index contributed by atoms with van der Waals surface area (Å²) in [5.74, 6) is 3.24. The fourth-order valence-electron chi connectivity index (χ4n) is 4.59. The van der Waals surface area contributed by atoms with Crippen molar-refractivity contribution in [1.29, 1.82) is 0 Å². The van der Waals surface area contributed by atoms with Gasteiger partial charge in [0, 0.05) is 54.8 Å². The van der Waals surface area contributed by atoms with Gasteiger partial charge < -0.3 is 14.4 Å². The van der Waals surface area contributed by atoms with E-state index in [1.54, 1.807) is 26.0 Å². The summed E-state index contributed by atoms with van der Waals surface area (Å²) in [6.07, 6.45) is 7.00. The minimum atomic E-state index is 0.457. The van der Waals surface area contributed by atoms with Gasteiger partial charge in [0.25, 0.3) is 0 Å². The summed E-state index contributed by atoms with van der Waals surface area (Å²) in [5.41, 5.74) is 2.38. The average Bonchev–Trinajstić information content (AvgIpc) is 3.33. The lowest BCUT2D eigenvalue weighted by Gasteiger charge is -2.32. The van der Waals surface area contributed by atoms with Crippen LogP contribution in [-0.4, -0.2) is 72.5 Å². The Bertz CT molecular complexity index is 844. The number of hydrogen-bond donors (Lipinski definition) is 0. The molecule has 0 amide bonds. The number of methoxy groups -OCH3 is 2. The Balaban J connectivity index is 1.35. The summed E-state index contributed by atoms with van der Waals surface area (Å²) < 4.78 is 10.9. The molecule has 0 bridgehead atoms. The number of benzene rings is 1. The second-order valence-corrected chi connectivity index (χ2v) is 9.48. The van der Waals surface area contributed by atoms with Crippen molar-refractivity contribution < 1.29 is 9.47 Å². The lowest BCUT2D eigenvalue weighted by atomic mass is 9.94. The van der Waals surface area contributed by atoms with Crippen LogP contribution in [0.1, 0.15) is 42.9 Å². The van der Waals surface area contributed by atoms with E-state index >= 15 is 0 Å². The quantitative estimate of drug-likeness (QED) is 0.429. The van der Waals surface area contributed by atoms with Gasteiger partial charge in [-0.3, -0.25) is 4.90 Å². The van der Waals surface area contributed by atoms with E-state index in [4.69, 9.17) is 14.5 Å². The van der Waals surface area contributed by atoms with Crippen molar-refractivity contribution in [3.8, 4) is 11.5 Å². The van der Waals surface area contributed by atoms with Crippen molar-refractivity contribution >= 4 is 11.8 Å². The van der Waals surface area contributed by atoms with E-state index in [0.717, 1.165) is 48.6 Å². The fourth-order valence-corrected chi connectivity index (χ4v) is 5.42. The van der Waals surface area contributed by atoms with Crippen LogP contribution in [0.25, 0.3) is 0 Å². The highest BCUT2D eigenvalue weighted by molar-refractivity contribution is 7.99. The second kappa shape index (κ2) is 11.2. The van der Waals surface area contributed by atoms with E-state index < -0.39 is 0 Å². The van der Waals surface area contributed by atoms with Gasteiger partial charge in [0.15, 0.2) is 5.16 Å². The highest BCUT2D eigenvalue weighted by Crippen LogP contribution is 2.30. The summed E-state index contributed by atoms with van der Waals surface area (Å²) in [7, 11) is 3.41. The summed E-state index contributed by atoms with van der Waals surface area (Å²) in [4.78, 5) is 14.5. The van der Waals surface area contributed by atoms with Crippen LogP contribution in [0.5, 0.6) is 11.5 Å². The molecule has 0 radical (unpaired) electrons. The van der Waals surface area contributed by atoms with Gasteiger partial charge in [0.05, 0.1) is 14.2 Å². The topological polar surface area (TPSA) is 50.7 Å². The molecule has 2 saturated heterocycles. The largest absolute Gasteiger partial charge is 0.497 e. The van der Waals surface area contributed by atoms with Gasteiger partial charge >= 0.3 is 0 Å². The zero-order valence-electron chi connectivity index (χ0n) is 18.8. The number of likely N-dealkylation sites (tertiary alicyclic amines) is 2. The first-order chi connectivity index (χ1) is 15.2. The van der Waals surface area contributed by atoms with Gasteiger partial charge in [-0.15, -0.1) is 0 Å². The number of hydrogen-bond acceptors (Lipinski definition) is 7. The van der Waals surface area contributed by atoms with Crippen molar-refractivity contribution in [3.63, 3.8) is 0 Å². The molecule has 1 aromatic carbocycles. The van der Waals surface area contributed by atoms with E-state index in [2.05, 4.69) is 26.9 Å². The van der Waals surface area contributed by atoms with E-state index in [9.17, 15) is 0 Å². The molecule has 1 atom stereocenters. The normalized spacial score (nSPS) is 20.1. The Kier molecular flexibility index (Phi) is 8.05. The summed E-state index contributed by atoms with van der Waals surface area (Å²) in [6.45, 7) is 6.64. The van der Waals surface area contributed by atoms with Crippen molar-refractivity contribution in [2.75, 3.05) is 52.7 Å². The standard InChI is InChI=1S/C24H34N4O2S/c1-29-21-8-7-20(23(16-21)30-2)18-28-13-5-6-19(17-28)22-9-10-25-24(26-22)31-15-14-27-11-3-4-12-27/h7-10,16,19H,3-6,11-15,17-18H2,1-2H3/t19-/m0/s1. The van der Waals surface area contributed by atoms with Crippen molar-refractivity contribution in [3.05, 3.63) is 41.7 Å². The van der Waals surface area contributed by atoms with E-state index in [1.165, 1.54) is 50.0 Å². The van der Waals surface area contributed by atoms with Crippen molar-refractivity contribution in [2.45, 2.75) is 43.3 Å². The van der Waals surface area contributed by atoms with E-state index in [-0.39, 0.29) is 0 Å². The minimum absolute atomic E-state index is 0.457. The van der Waals surface area contributed by atoms with Gasteiger partial charge in [0.2, 0.25) is 0 Å². The van der Waals surface area contributed by atoms with Crippen LogP contribution in [0.2, 0.25) is 0 Å². The maximum atomic E-state index is 5.60. The smallest absolute Gasteiger partial charge is 0.187 e. The van der Waals surface area contributed by atoms with Crippen LogP contribution in [0.3, 0.4) is 0 Å². The number of rotatable bonds is 9. The molecule has 31 heavy (non-hydrogen) atoms. The molecule has 4 rings (SSSR count). The van der Waals surface area contributed by atoms with Gasteiger partial charge in [0.1, 0.15) is 11.5 Å². The number of nitrogens with zero attached hydrogens (tertiary/aromatic N) is 4. The predicted molar refractivity (Wildman–Crippen MR) is 125 cm³/mol. The third kappa shape index (κ3) is 6.11. The zero-order valence-corrected chi connectivity index (χ0v) is 19.6. The Morgan fingerprint density at radius 2 is 1.87 bits per heavy atom. The number of ether oxygens (including phenoxy) is 2.